The zero-order valence-electron chi connectivity index (χ0n) is 13.5. The molecule has 0 radical (unpaired) electrons. The number of amides is 1. The van der Waals surface area contributed by atoms with Crippen LogP contribution >= 0.6 is 11.6 Å². The van der Waals surface area contributed by atoms with Gasteiger partial charge in [0.25, 0.3) is 5.91 Å². The summed E-state index contributed by atoms with van der Waals surface area (Å²) in [5.74, 6) is 1.64. The molecule has 2 aromatic rings. The average molecular weight is 346 g/mol. The van der Waals surface area contributed by atoms with Crippen molar-refractivity contribution in [2.45, 2.75) is 18.9 Å². The number of ether oxygens (including phenoxy) is 1. The molecular formula is C18H20ClN3O2. The van der Waals surface area contributed by atoms with Gasteiger partial charge in [0.2, 0.25) is 0 Å². The lowest BCUT2D eigenvalue weighted by Gasteiger charge is -2.32. The Morgan fingerprint density at radius 1 is 1.25 bits per heavy atom. The summed E-state index contributed by atoms with van der Waals surface area (Å²) in [6.45, 7) is 1.45. The van der Waals surface area contributed by atoms with Crippen LogP contribution in [0.2, 0.25) is 5.02 Å². The average Bonchev–Trinajstić information content (AvgIpc) is 2.62. The fraction of sp³-hybridized carbons (Fsp3) is 0.333. The summed E-state index contributed by atoms with van der Waals surface area (Å²) in [4.78, 5) is 18.7. The third-order valence-corrected chi connectivity index (χ3v) is 4.44. The molecule has 5 nitrogen and oxygen atoms in total. The first-order valence-corrected chi connectivity index (χ1v) is 8.35. The van der Waals surface area contributed by atoms with Crippen LogP contribution in [0.4, 0.5) is 5.82 Å². The number of carbonyl (C=O) groups excluding carboxylic acids is 1. The first kappa shape index (κ1) is 16.6. The normalized spacial score (nSPS) is 15.2. The Balaban J connectivity index is 1.55. The van der Waals surface area contributed by atoms with Crippen LogP contribution in [0.25, 0.3) is 0 Å². The molecule has 1 amide bonds. The van der Waals surface area contributed by atoms with Crippen LogP contribution in [-0.2, 0) is 0 Å². The largest absolute Gasteiger partial charge is 0.497 e. The maximum Gasteiger partial charge on any atom is 0.253 e. The van der Waals surface area contributed by atoms with Crippen LogP contribution in [0.15, 0.2) is 42.6 Å². The summed E-state index contributed by atoms with van der Waals surface area (Å²) < 4.78 is 5.21. The molecule has 1 N–H and O–H groups in total. The molecule has 0 aliphatic carbocycles. The van der Waals surface area contributed by atoms with Gasteiger partial charge in [0.1, 0.15) is 11.6 Å². The highest BCUT2D eigenvalue weighted by Gasteiger charge is 2.23. The Bertz CT molecular complexity index is 698. The van der Waals surface area contributed by atoms with Crippen molar-refractivity contribution in [3.63, 3.8) is 0 Å². The number of hydrogen-bond donors (Lipinski definition) is 1. The van der Waals surface area contributed by atoms with E-state index in [0.29, 0.717) is 16.6 Å². The number of pyridine rings is 1. The van der Waals surface area contributed by atoms with Crippen LogP contribution in [-0.4, -0.2) is 42.0 Å². The number of rotatable bonds is 4. The predicted octanol–water partition coefficient (Wildman–Crippen LogP) is 3.46. The van der Waals surface area contributed by atoms with Gasteiger partial charge in [0.05, 0.1) is 7.11 Å². The molecule has 6 heteroatoms. The van der Waals surface area contributed by atoms with E-state index in [1.165, 1.54) is 0 Å². The minimum atomic E-state index is 0.0598. The van der Waals surface area contributed by atoms with Crippen molar-refractivity contribution in [3.05, 3.63) is 53.2 Å². The van der Waals surface area contributed by atoms with Gasteiger partial charge < -0.3 is 15.0 Å². The Morgan fingerprint density at radius 3 is 2.62 bits per heavy atom. The number of nitrogens with zero attached hydrogens (tertiary/aromatic N) is 2. The molecule has 0 spiro atoms. The summed E-state index contributed by atoms with van der Waals surface area (Å²) >= 11 is 5.87. The van der Waals surface area contributed by atoms with Gasteiger partial charge in [-0.2, -0.15) is 0 Å². The van der Waals surface area contributed by atoms with Crippen LogP contribution in [0.5, 0.6) is 5.75 Å². The number of methoxy groups -OCH3 is 1. The second-order valence-corrected chi connectivity index (χ2v) is 6.24. The van der Waals surface area contributed by atoms with Crippen LogP contribution in [0.1, 0.15) is 23.2 Å². The Hall–Kier alpha value is -2.27. The van der Waals surface area contributed by atoms with Gasteiger partial charge in [-0.3, -0.25) is 4.79 Å². The zero-order chi connectivity index (χ0) is 16.9. The molecular weight excluding hydrogens is 326 g/mol. The number of halogens is 1. The van der Waals surface area contributed by atoms with Gasteiger partial charge in [-0.15, -0.1) is 0 Å². The van der Waals surface area contributed by atoms with Gasteiger partial charge in [-0.25, -0.2) is 4.98 Å². The van der Waals surface area contributed by atoms with E-state index in [2.05, 4.69) is 10.3 Å². The summed E-state index contributed by atoms with van der Waals surface area (Å²) in [6, 6.07) is 11.0. The predicted molar refractivity (Wildman–Crippen MR) is 94.8 cm³/mol. The number of hydrogen-bond acceptors (Lipinski definition) is 4. The molecule has 0 bridgehead atoms. The molecule has 0 atom stereocenters. The molecule has 1 saturated heterocycles. The summed E-state index contributed by atoms with van der Waals surface area (Å²) in [5, 5.41) is 4.05. The number of carbonyl (C=O) groups is 1. The van der Waals surface area contributed by atoms with Crippen molar-refractivity contribution in [2.24, 2.45) is 0 Å². The van der Waals surface area contributed by atoms with Crippen molar-refractivity contribution in [2.75, 3.05) is 25.5 Å². The van der Waals surface area contributed by atoms with Crippen molar-refractivity contribution in [3.8, 4) is 5.75 Å². The molecule has 1 aromatic carbocycles. The first-order chi connectivity index (χ1) is 11.7. The molecule has 2 heterocycles. The SMILES string of the molecule is COc1ccnc(NC2CCN(C(=O)c3ccc(Cl)cc3)CC2)c1. The number of aromatic nitrogens is 1. The number of likely N-dealkylation sites (tertiary alicyclic amines) is 1. The molecule has 3 rings (SSSR count). The quantitative estimate of drug-likeness (QED) is 0.922. The Labute approximate surface area is 146 Å². The topological polar surface area (TPSA) is 54.5 Å². The second kappa shape index (κ2) is 7.53. The lowest BCUT2D eigenvalue weighted by Crippen LogP contribution is -2.42. The van der Waals surface area contributed by atoms with E-state index in [-0.39, 0.29) is 5.91 Å². The van der Waals surface area contributed by atoms with Crippen LogP contribution in [0, 0.1) is 0 Å². The third-order valence-electron chi connectivity index (χ3n) is 4.19. The maximum absolute atomic E-state index is 12.5. The monoisotopic (exact) mass is 345 g/mol. The lowest BCUT2D eigenvalue weighted by atomic mass is 10.0. The highest BCUT2D eigenvalue weighted by Crippen LogP contribution is 2.20. The maximum atomic E-state index is 12.5. The number of anilines is 1. The van der Waals surface area contributed by atoms with Crippen LogP contribution in [0.3, 0.4) is 0 Å². The fourth-order valence-electron chi connectivity index (χ4n) is 2.83. The summed E-state index contributed by atoms with van der Waals surface area (Å²) in [7, 11) is 1.64. The molecule has 1 aliphatic rings. The fourth-order valence-corrected chi connectivity index (χ4v) is 2.95. The van der Waals surface area contributed by atoms with E-state index in [1.807, 2.05) is 17.0 Å². The van der Waals surface area contributed by atoms with E-state index in [1.54, 1.807) is 37.6 Å². The lowest BCUT2D eigenvalue weighted by molar-refractivity contribution is 0.0718. The molecule has 1 aliphatic heterocycles. The Kier molecular flexibility index (Phi) is 5.20. The van der Waals surface area contributed by atoms with Gasteiger partial charge in [0, 0.05) is 42.0 Å². The van der Waals surface area contributed by atoms with Crippen molar-refractivity contribution in [1.82, 2.24) is 9.88 Å². The van der Waals surface area contributed by atoms with Crippen molar-refractivity contribution in [1.29, 1.82) is 0 Å². The highest BCUT2D eigenvalue weighted by molar-refractivity contribution is 6.30. The number of nitrogens with one attached hydrogen (secondary N) is 1. The first-order valence-electron chi connectivity index (χ1n) is 7.97. The van der Waals surface area contributed by atoms with Crippen LogP contribution < -0.4 is 10.1 Å². The molecule has 24 heavy (non-hydrogen) atoms. The van der Waals surface area contributed by atoms with E-state index in [0.717, 1.165) is 37.5 Å². The van der Waals surface area contributed by atoms with Gasteiger partial charge in [-0.05, 0) is 43.2 Å². The molecule has 1 fully saturated rings. The third kappa shape index (κ3) is 3.97. The van der Waals surface area contributed by atoms with E-state index >= 15 is 0 Å². The molecule has 126 valence electrons. The number of piperidine rings is 1. The molecule has 0 saturated carbocycles. The molecule has 0 unspecified atom stereocenters. The van der Waals surface area contributed by atoms with E-state index in [9.17, 15) is 4.79 Å². The minimum Gasteiger partial charge on any atom is -0.497 e. The van der Waals surface area contributed by atoms with E-state index in [4.69, 9.17) is 16.3 Å². The summed E-state index contributed by atoms with van der Waals surface area (Å²) in [5.41, 5.74) is 0.681. The Morgan fingerprint density at radius 2 is 1.96 bits per heavy atom. The number of benzene rings is 1. The van der Waals surface area contributed by atoms with Gasteiger partial charge >= 0.3 is 0 Å². The highest BCUT2D eigenvalue weighted by atomic mass is 35.5. The molecule has 1 aromatic heterocycles. The van der Waals surface area contributed by atoms with Gasteiger partial charge in [0.15, 0.2) is 0 Å². The van der Waals surface area contributed by atoms with Gasteiger partial charge in [-0.1, -0.05) is 11.6 Å². The summed E-state index contributed by atoms with van der Waals surface area (Å²) in [6.07, 6.45) is 3.50. The minimum absolute atomic E-state index is 0.0598. The standard InChI is InChI=1S/C18H20ClN3O2/c1-24-16-6-9-20-17(12-16)21-15-7-10-22(11-8-15)18(23)13-2-4-14(19)5-3-13/h2-6,9,12,15H,7-8,10-11H2,1H3,(H,20,21). The zero-order valence-corrected chi connectivity index (χ0v) is 14.3. The second-order valence-electron chi connectivity index (χ2n) is 5.80. The van der Waals surface area contributed by atoms with Crippen molar-refractivity contribution < 1.29 is 9.53 Å². The van der Waals surface area contributed by atoms with E-state index < -0.39 is 0 Å². The smallest absolute Gasteiger partial charge is 0.253 e. The van der Waals surface area contributed by atoms with Crippen molar-refractivity contribution >= 4 is 23.3 Å².